The second-order valence-corrected chi connectivity index (χ2v) is 3.23. The quantitative estimate of drug-likeness (QED) is 0.369. The number of rotatable bonds is 5. The molecule has 0 aliphatic carbocycles. The Hall–Kier alpha value is -1.45. The Labute approximate surface area is 84.4 Å². The van der Waals surface area contributed by atoms with Crippen LogP contribution in [0.4, 0.5) is 0 Å². The molecule has 0 fully saturated rings. The fourth-order valence-corrected chi connectivity index (χ4v) is 1.23. The second-order valence-electron chi connectivity index (χ2n) is 3.23. The molecule has 0 saturated heterocycles. The molecule has 0 aromatic rings. The summed E-state index contributed by atoms with van der Waals surface area (Å²) >= 11 is 0. The van der Waals surface area contributed by atoms with Crippen LogP contribution in [0.3, 0.4) is 0 Å². The first-order chi connectivity index (χ1) is 6.72. The Morgan fingerprint density at radius 2 is 2.43 bits per heavy atom. The van der Waals surface area contributed by atoms with E-state index >= 15 is 0 Å². The van der Waals surface area contributed by atoms with Crippen molar-refractivity contribution in [2.24, 2.45) is 0 Å². The Balaban J connectivity index is 2.02. The van der Waals surface area contributed by atoms with Crippen molar-refractivity contribution in [1.29, 1.82) is 0 Å². The Morgan fingerprint density at radius 3 is 3.00 bits per heavy atom. The first-order valence-electron chi connectivity index (χ1n) is 4.64. The van der Waals surface area contributed by atoms with Gasteiger partial charge in [-0.1, -0.05) is 6.58 Å². The van der Waals surface area contributed by atoms with E-state index in [0.717, 1.165) is 19.6 Å². The fraction of sp³-hybridized carbons (Fsp3) is 0.500. The minimum absolute atomic E-state index is 0.348. The van der Waals surface area contributed by atoms with Gasteiger partial charge >= 0.3 is 5.97 Å². The molecule has 1 aliphatic rings. The summed E-state index contributed by atoms with van der Waals surface area (Å²) in [6, 6.07) is 0. The highest BCUT2D eigenvalue weighted by molar-refractivity contribution is 5.81. The predicted octanol–water partition coefficient (Wildman–Crippen LogP) is 0.782. The molecule has 0 atom stereocenters. The molecular weight excluding hydrogens is 180 g/mol. The summed E-state index contributed by atoms with van der Waals surface area (Å²) < 4.78 is 4.86. The normalized spacial score (nSPS) is 14.6. The summed E-state index contributed by atoms with van der Waals surface area (Å²) in [6.07, 6.45) is 6.09. The molecular formula is C10H16N2O2. The molecule has 1 rings (SSSR count). The van der Waals surface area contributed by atoms with E-state index in [1.807, 2.05) is 19.4 Å². The van der Waals surface area contributed by atoms with Crippen molar-refractivity contribution in [3.05, 3.63) is 25.1 Å². The van der Waals surface area contributed by atoms with Crippen molar-refractivity contribution < 1.29 is 9.53 Å². The van der Waals surface area contributed by atoms with Crippen molar-refractivity contribution in [2.75, 3.05) is 26.9 Å². The molecule has 14 heavy (non-hydrogen) atoms. The second kappa shape index (κ2) is 5.32. The molecule has 0 amide bonds. The Morgan fingerprint density at radius 1 is 1.64 bits per heavy atom. The van der Waals surface area contributed by atoms with Crippen LogP contribution < -0.4 is 0 Å². The van der Waals surface area contributed by atoms with E-state index in [1.54, 1.807) is 0 Å². The standard InChI is InChI=1S/C10H16N2O2/c1-3-10(13)14-8-4-5-12-7-6-11(2)9-12/h3,6-7H,1,4-5,8-9H2,2H3. The molecule has 0 aromatic heterocycles. The average Bonchev–Trinajstić information content (AvgIpc) is 2.58. The minimum atomic E-state index is -0.348. The molecule has 1 heterocycles. The van der Waals surface area contributed by atoms with Crippen LogP contribution in [0.2, 0.25) is 0 Å². The van der Waals surface area contributed by atoms with Crippen LogP contribution in [0.1, 0.15) is 6.42 Å². The van der Waals surface area contributed by atoms with Crippen molar-refractivity contribution in [3.8, 4) is 0 Å². The highest BCUT2D eigenvalue weighted by Gasteiger charge is 2.07. The zero-order valence-electron chi connectivity index (χ0n) is 8.48. The smallest absolute Gasteiger partial charge is 0.330 e. The fourth-order valence-electron chi connectivity index (χ4n) is 1.23. The third-order valence-corrected chi connectivity index (χ3v) is 1.94. The maximum Gasteiger partial charge on any atom is 0.330 e. The molecule has 0 radical (unpaired) electrons. The molecule has 0 unspecified atom stereocenters. The molecule has 0 aromatic carbocycles. The SMILES string of the molecule is C=CC(=O)OCCCN1C=CN(C)C1. The molecule has 0 N–H and O–H groups in total. The van der Waals surface area contributed by atoms with Crippen LogP contribution in [0.5, 0.6) is 0 Å². The van der Waals surface area contributed by atoms with E-state index in [-0.39, 0.29) is 5.97 Å². The summed E-state index contributed by atoms with van der Waals surface area (Å²) in [4.78, 5) is 14.9. The van der Waals surface area contributed by atoms with Gasteiger partial charge in [-0.2, -0.15) is 0 Å². The van der Waals surface area contributed by atoms with Gasteiger partial charge in [0.15, 0.2) is 0 Å². The Kier molecular flexibility index (Phi) is 4.04. The van der Waals surface area contributed by atoms with E-state index in [2.05, 4.69) is 16.4 Å². The lowest BCUT2D eigenvalue weighted by atomic mass is 10.4. The van der Waals surface area contributed by atoms with E-state index in [0.29, 0.717) is 6.61 Å². The molecule has 1 aliphatic heterocycles. The number of hydrogen-bond donors (Lipinski definition) is 0. The van der Waals surface area contributed by atoms with E-state index < -0.39 is 0 Å². The first kappa shape index (κ1) is 10.6. The van der Waals surface area contributed by atoms with Gasteiger partial charge in [-0.25, -0.2) is 4.79 Å². The molecule has 78 valence electrons. The number of ether oxygens (including phenoxy) is 1. The van der Waals surface area contributed by atoms with E-state index in [4.69, 9.17) is 4.74 Å². The van der Waals surface area contributed by atoms with Crippen LogP contribution in [0.25, 0.3) is 0 Å². The lowest BCUT2D eigenvalue weighted by molar-refractivity contribution is -0.137. The molecule has 0 saturated carbocycles. The van der Waals surface area contributed by atoms with Gasteiger partial charge in [0.2, 0.25) is 0 Å². The average molecular weight is 196 g/mol. The van der Waals surface area contributed by atoms with Gasteiger partial charge in [0.25, 0.3) is 0 Å². The van der Waals surface area contributed by atoms with Crippen LogP contribution in [-0.4, -0.2) is 42.6 Å². The number of carbonyl (C=O) groups is 1. The maximum atomic E-state index is 10.7. The van der Waals surface area contributed by atoms with Gasteiger partial charge in [0.05, 0.1) is 13.3 Å². The summed E-state index contributed by atoms with van der Waals surface area (Å²) in [6.45, 7) is 5.60. The molecule has 0 bridgehead atoms. The van der Waals surface area contributed by atoms with Gasteiger partial charge in [-0.15, -0.1) is 0 Å². The third kappa shape index (κ3) is 3.51. The summed E-state index contributed by atoms with van der Waals surface area (Å²) in [5.74, 6) is -0.348. The maximum absolute atomic E-state index is 10.7. The van der Waals surface area contributed by atoms with Gasteiger partial charge in [0.1, 0.15) is 0 Å². The summed E-state index contributed by atoms with van der Waals surface area (Å²) in [5.41, 5.74) is 0. The number of esters is 1. The van der Waals surface area contributed by atoms with E-state index in [9.17, 15) is 4.79 Å². The van der Waals surface area contributed by atoms with Gasteiger partial charge in [-0.3, -0.25) is 0 Å². The minimum Gasteiger partial charge on any atom is -0.462 e. The summed E-state index contributed by atoms with van der Waals surface area (Å²) in [7, 11) is 2.02. The number of hydrogen-bond acceptors (Lipinski definition) is 4. The van der Waals surface area contributed by atoms with Gasteiger partial charge in [-0.05, 0) is 6.42 Å². The van der Waals surface area contributed by atoms with Crippen molar-refractivity contribution >= 4 is 5.97 Å². The van der Waals surface area contributed by atoms with Crippen LogP contribution >= 0.6 is 0 Å². The Bertz CT molecular complexity index is 238. The first-order valence-corrected chi connectivity index (χ1v) is 4.64. The lowest BCUT2D eigenvalue weighted by Gasteiger charge is -2.17. The predicted molar refractivity (Wildman–Crippen MR) is 54.2 cm³/mol. The van der Waals surface area contributed by atoms with Crippen LogP contribution in [0.15, 0.2) is 25.1 Å². The topological polar surface area (TPSA) is 32.8 Å². The van der Waals surface area contributed by atoms with Gasteiger partial charge < -0.3 is 14.5 Å². The largest absolute Gasteiger partial charge is 0.462 e. The molecule has 4 heteroatoms. The van der Waals surface area contributed by atoms with Crippen LogP contribution in [-0.2, 0) is 9.53 Å². The van der Waals surface area contributed by atoms with Crippen molar-refractivity contribution in [3.63, 3.8) is 0 Å². The lowest BCUT2D eigenvalue weighted by Crippen LogP contribution is -2.24. The monoisotopic (exact) mass is 196 g/mol. The molecule has 4 nitrogen and oxygen atoms in total. The number of nitrogens with zero attached hydrogens (tertiary/aromatic N) is 2. The summed E-state index contributed by atoms with van der Waals surface area (Å²) in [5, 5.41) is 0. The van der Waals surface area contributed by atoms with E-state index in [1.165, 1.54) is 6.08 Å². The zero-order chi connectivity index (χ0) is 10.4. The highest BCUT2D eigenvalue weighted by Crippen LogP contribution is 2.03. The molecule has 0 spiro atoms. The van der Waals surface area contributed by atoms with Crippen molar-refractivity contribution in [1.82, 2.24) is 9.80 Å². The number of carbonyl (C=O) groups excluding carboxylic acids is 1. The van der Waals surface area contributed by atoms with Crippen LogP contribution in [0, 0.1) is 0 Å². The van der Waals surface area contributed by atoms with Crippen molar-refractivity contribution in [2.45, 2.75) is 6.42 Å². The zero-order valence-corrected chi connectivity index (χ0v) is 8.48. The third-order valence-electron chi connectivity index (χ3n) is 1.94. The highest BCUT2D eigenvalue weighted by atomic mass is 16.5. The van der Waals surface area contributed by atoms with Gasteiger partial charge in [0, 0.05) is 32.1 Å².